The maximum absolute atomic E-state index is 12.4. The van der Waals surface area contributed by atoms with E-state index in [4.69, 9.17) is 27.9 Å². The van der Waals surface area contributed by atoms with Crippen molar-refractivity contribution in [2.75, 3.05) is 11.3 Å². The molecule has 114 valence electrons. The molecule has 0 unspecified atom stereocenters. The molecule has 0 fully saturated rings. The maximum Gasteiger partial charge on any atom is 0.273 e. The predicted octanol–water partition coefficient (Wildman–Crippen LogP) is 3.96. The van der Waals surface area contributed by atoms with E-state index >= 15 is 0 Å². The number of hydrogen-bond donors (Lipinski definition) is 1. The first kappa shape index (κ1) is 16.4. The summed E-state index contributed by atoms with van der Waals surface area (Å²) in [7, 11) is -3.80. The van der Waals surface area contributed by atoms with Crippen molar-refractivity contribution < 1.29 is 13.2 Å². The minimum Gasteiger partial charge on any atom is -0.492 e. The van der Waals surface area contributed by atoms with Crippen molar-refractivity contribution in [3.05, 3.63) is 33.4 Å². The van der Waals surface area contributed by atoms with E-state index < -0.39 is 10.0 Å². The molecule has 0 aliphatic carbocycles. The number of halogens is 2. The third kappa shape index (κ3) is 3.79. The zero-order valence-corrected chi connectivity index (χ0v) is 14.3. The molecule has 2 aromatic rings. The lowest BCUT2D eigenvalue weighted by molar-refractivity contribution is 0.342. The van der Waals surface area contributed by atoms with Crippen LogP contribution in [0.25, 0.3) is 0 Å². The van der Waals surface area contributed by atoms with E-state index in [0.717, 1.165) is 11.3 Å². The molecular formula is C12H12Cl2N2O3S2. The van der Waals surface area contributed by atoms with Crippen molar-refractivity contribution >= 4 is 50.2 Å². The van der Waals surface area contributed by atoms with E-state index in [-0.39, 0.29) is 14.4 Å². The topological polar surface area (TPSA) is 68.3 Å². The normalized spacial score (nSPS) is 11.4. The molecule has 0 aliphatic heterocycles. The minimum absolute atomic E-state index is 0.0647. The van der Waals surface area contributed by atoms with Gasteiger partial charge in [-0.3, -0.25) is 4.72 Å². The second-order valence-electron chi connectivity index (χ2n) is 4.02. The van der Waals surface area contributed by atoms with Crippen molar-refractivity contribution in [3.63, 3.8) is 0 Å². The third-order valence-electron chi connectivity index (χ3n) is 2.46. The van der Waals surface area contributed by atoms with Gasteiger partial charge in [-0.2, -0.15) is 0 Å². The number of aryl methyl sites for hydroxylation is 1. The molecule has 1 N–H and O–H groups in total. The molecule has 0 bridgehead atoms. The molecule has 1 heterocycles. The SMILES string of the molecule is CCOc1ccc(Cl)cc1NS(=O)(=O)c1sc(Cl)nc1C. The lowest BCUT2D eigenvalue weighted by Gasteiger charge is -2.12. The Hall–Kier alpha value is -1.02. The Morgan fingerprint density at radius 1 is 1.38 bits per heavy atom. The first-order valence-electron chi connectivity index (χ1n) is 5.91. The lowest BCUT2D eigenvalue weighted by atomic mass is 10.3. The van der Waals surface area contributed by atoms with Crippen molar-refractivity contribution in [2.45, 2.75) is 18.1 Å². The Morgan fingerprint density at radius 2 is 2.10 bits per heavy atom. The largest absolute Gasteiger partial charge is 0.492 e. The lowest BCUT2D eigenvalue weighted by Crippen LogP contribution is -2.13. The Morgan fingerprint density at radius 3 is 2.67 bits per heavy atom. The van der Waals surface area contributed by atoms with Gasteiger partial charge >= 0.3 is 0 Å². The quantitative estimate of drug-likeness (QED) is 0.869. The van der Waals surface area contributed by atoms with E-state index in [1.807, 2.05) is 0 Å². The van der Waals surface area contributed by atoms with E-state index in [2.05, 4.69) is 9.71 Å². The van der Waals surface area contributed by atoms with Crippen molar-refractivity contribution in [2.24, 2.45) is 0 Å². The fourth-order valence-corrected chi connectivity index (χ4v) is 4.63. The van der Waals surface area contributed by atoms with Gasteiger partial charge in [0.1, 0.15) is 5.75 Å². The summed E-state index contributed by atoms with van der Waals surface area (Å²) >= 11 is 12.6. The summed E-state index contributed by atoms with van der Waals surface area (Å²) in [5, 5.41) is 0.398. The second-order valence-corrected chi connectivity index (χ2v) is 7.91. The molecule has 0 spiro atoms. The van der Waals surface area contributed by atoms with Gasteiger partial charge < -0.3 is 4.74 Å². The number of rotatable bonds is 5. The highest BCUT2D eigenvalue weighted by atomic mass is 35.5. The Bertz CT molecular complexity index is 760. The summed E-state index contributed by atoms with van der Waals surface area (Å²) < 4.78 is 32.9. The number of nitrogens with one attached hydrogen (secondary N) is 1. The molecule has 5 nitrogen and oxygen atoms in total. The highest BCUT2D eigenvalue weighted by molar-refractivity contribution is 7.94. The van der Waals surface area contributed by atoms with E-state index in [1.165, 1.54) is 6.07 Å². The van der Waals surface area contributed by atoms with Crippen molar-refractivity contribution in [3.8, 4) is 5.75 Å². The van der Waals surface area contributed by atoms with Gasteiger partial charge in [0, 0.05) is 5.02 Å². The number of thiazole rings is 1. The Balaban J connectivity index is 2.41. The number of nitrogens with zero attached hydrogens (tertiary/aromatic N) is 1. The molecule has 1 aromatic carbocycles. The van der Waals surface area contributed by atoms with E-state index in [0.29, 0.717) is 23.1 Å². The molecule has 0 saturated carbocycles. The average molecular weight is 367 g/mol. The van der Waals surface area contributed by atoms with Gasteiger partial charge in [0.25, 0.3) is 10.0 Å². The molecule has 0 radical (unpaired) electrons. The third-order valence-corrected chi connectivity index (χ3v) is 5.93. The van der Waals surface area contributed by atoms with Crippen LogP contribution in [-0.4, -0.2) is 20.0 Å². The zero-order valence-electron chi connectivity index (χ0n) is 11.2. The molecule has 21 heavy (non-hydrogen) atoms. The first-order valence-corrected chi connectivity index (χ1v) is 8.97. The summed E-state index contributed by atoms with van der Waals surface area (Å²) in [6.45, 7) is 3.79. The van der Waals surface area contributed by atoms with Crippen LogP contribution in [-0.2, 0) is 10.0 Å². The number of ether oxygens (including phenoxy) is 1. The molecule has 2 rings (SSSR count). The van der Waals surface area contributed by atoms with Gasteiger partial charge in [-0.25, -0.2) is 13.4 Å². The zero-order chi connectivity index (χ0) is 15.6. The summed E-state index contributed by atoms with van der Waals surface area (Å²) in [5.74, 6) is 0.402. The Labute approximate surface area is 136 Å². The van der Waals surface area contributed by atoms with Crippen LogP contribution < -0.4 is 9.46 Å². The molecule has 1 aromatic heterocycles. The van der Waals surface area contributed by atoms with E-state index in [9.17, 15) is 8.42 Å². The van der Waals surface area contributed by atoms with Crippen LogP contribution in [0.1, 0.15) is 12.6 Å². The molecule has 0 aliphatic rings. The number of sulfonamides is 1. The molecule has 0 saturated heterocycles. The monoisotopic (exact) mass is 366 g/mol. The second kappa shape index (κ2) is 6.39. The number of anilines is 1. The first-order chi connectivity index (χ1) is 9.83. The van der Waals surface area contributed by atoms with Gasteiger partial charge in [0.15, 0.2) is 8.68 Å². The summed E-state index contributed by atoms with van der Waals surface area (Å²) in [6, 6.07) is 4.72. The Kier molecular flexibility index (Phi) is 4.98. The predicted molar refractivity (Wildman–Crippen MR) is 85.3 cm³/mol. The van der Waals surface area contributed by atoms with Crippen LogP contribution >= 0.6 is 34.5 Å². The highest BCUT2D eigenvalue weighted by Crippen LogP contribution is 2.33. The molecule has 0 atom stereocenters. The van der Waals surface area contributed by atoms with Crippen LogP contribution in [0.4, 0.5) is 5.69 Å². The van der Waals surface area contributed by atoms with Gasteiger partial charge in [-0.15, -0.1) is 0 Å². The highest BCUT2D eigenvalue weighted by Gasteiger charge is 2.23. The number of hydrogen-bond acceptors (Lipinski definition) is 5. The maximum atomic E-state index is 12.4. The molecule has 9 heteroatoms. The molecular weight excluding hydrogens is 355 g/mol. The smallest absolute Gasteiger partial charge is 0.273 e. The van der Waals surface area contributed by atoms with Gasteiger partial charge in [0.05, 0.1) is 18.0 Å². The van der Waals surface area contributed by atoms with Gasteiger partial charge in [0.2, 0.25) is 0 Å². The average Bonchev–Trinajstić information content (AvgIpc) is 2.72. The minimum atomic E-state index is -3.80. The standard InChI is InChI=1S/C12H12Cl2N2O3S2/c1-3-19-10-5-4-8(13)6-9(10)16-21(17,18)11-7(2)15-12(14)20-11/h4-6,16H,3H2,1-2H3. The van der Waals surface area contributed by atoms with Crippen LogP contribution in [0.15, 0.2) is 22.4 Å². The summed E-state index contributed by atoms with van der Waals surface area (Å²) in [6.07, 6.45) is 0. The van der Waals surface area contributed by atoms with Gasteiger partial charge in [-0.05, 0) is 32.0 Å². The fourth-order valence-electron chi connectivity index (χ4n) is 1.65. The van der Waals surface area contributed by atoms with Crippen molar-refractivity contribution in [1.82, 2.24) is 4.98 Å². The van der Waals surface area contributed by atoms with Crippen LogP contribution in [0.3, 0.4) is 0 Å². The number of aromatic nitrogens is 1. The van der Waals surface area contributed by atoms with Crippen LogP contribution in [0.2, 0.25) is 9.49 Å². The van der Waals surface area contributed by atoms with Crippen LogP contribution in [0.5, 0.6) is 5.75 Å². The molecule has 0 amide bonds. The van der Waals surface area contributed by atoms with Crippen molar-refractivity contribution in [1.29, 1.82) is 0 Å². The fraction of sp³-hybridized carbons (Fsp3) is 0.250. The van der Waals surface area contributed by atoms with E-state index in [1.54, 1.807) is 26.0 Å². The number of benzene rings is 1. The summed E-state index contributed by atoms with van der Waals surface area (Å²) in [5.41, 5.74) is 0.616. The van der Waals surface area contributed by atoms with Gasteiger partial charge in [-0.1, -0.05) is 34.5 Å². The summed E-state index contributed by atoms with van der Waals surface area (Å²) in [4.78, 5) is 3.90. The van der Waals surface area contributed by atoms with Crippen LogP contribution in [0, 0.1) is 6.92 Å².